The molecule has 88 valence electrons. The average Bonchev–Trinajstić information content (AvgIpc) is 3.02. The number of nitrogens with one attached hydrogen (secondary N) is 1. The van der Waals surface area contributed by atoms with E-state index in [1.165, 1.54) is 44.9 Å². The SMILES string of the molecule is CNC(CC1CC1)c1cc2c(s1)CCCC2. The normalized spacial score (nSPS) is 21.8. The van der Waals surface area contributed by atoms with Crippen LogP contribution in [0.5, 0.6) is 0 Å². The van der Waals surface area contributed by atoms with Crippen molar-refractivity contribution in [3.8, 4) is 0 Å². The molecule has 1 saturated carbocycles. The Bertz CT molecular complexity index is 341. The van der Waals surface area contributed by atoms with Gasteiger partial charge in [0.05, 0.1) is 0 Å². The third-order valence-electron chi connectivity index (χ3n) is 3.97. The summed E-state index contributed by atoms with van der Waals surface area (Å²) in [6.45, 7) is 0. The van der Waals surface area contributed by atoms with Gasteiger partial charge in [-0.2, -0.15) is 0 Å². The van der Waals surface area contributed by atoms with Crippen LogP contribution >= 0.6 is 11.3 Å². The summed E-state index contributed by atoms with van der Waals surface area (Å²) in [7, 11) is 2.12. The minimum absolute atomic E-state index is 0.628. The number of fused-ring (bicyclic) bond motifs is 1. The second kappa shape index (κ2) is 4.50. The van der Waals surface area contributed by atoms with E-state index in [0.717, 1.165) is 5.92 Å². The molecule has 0 bridgehead atoms. The van der Waals surface area contributed by atoms with E-state index in [2.05, 4.69) is 29.8 Å². The molecule has 0 saturated heterocycles. The zero-order valence-electron chi connectivity index (χ0n) is 10.1. The summed E-state index contributed by atoms with van der Waals surface area (Å²) in [5, 5.41) is 3.51. The van der Waals surface area contributed by atoms with E-state index in [-0.39, 0.29) is 0 Å². The van der Waals surface area contributed by atoms with Gasteiger partial charge >= 0.3 is 0 Å². The molecule has 1 heterocycles. The van der Waals surface area contributed by atoms with Crippen LogP contribution in [0.3, 0.4) is 0 Å². The molecule has 1 unspecified atom stereocenters. The number of rotatable bonds is 4. The summed E-state index contributed by atoms with van der Waals surface area (Å²) in [6.07, 6.45) is 9.74. The third kappa shape index (κ3) is 2.18. The molecule has 1 N–H and O–H groups in total. The molecular formula is C14H21NS. The van der Waals surface area contributed by atoms with Crippen molar-refractivity contribution in [3.63, 3.8) is 0 Å². The number of hydrogen-bond donors (Lipinski definition) is 1. The van der Waals surface area contributed by atoms with Crippen molar-refractivity contribution in [1.29, 1.82) is 0 Å². The van der Waals surface area contributed by atoms with Crippen LogP contribution in [0.15, 0.2) is 6.07 Å². The summed E-state index contributed by atoms with van der Waals surface area (Å²) in [5.41, 5.74) is 1.65. The van der Waals surface area contributed by atoms with Crippen molar-refractivity contribution in [2.75, 3.05) is 7.05 Å². The molecule has 1 aromatic heterocycles. The fraction of sp³-hybridized carbons (Fsp3) is 0.714. The molecule has 1 fully saturated rings. The van der Waals surface area contributed by atoms with E-state index in [0.29, 0.717) is 6.04 Å². The van der Waals surface area contributed by atoms with Crippen molar-refractivity contribution in [3.05, 3.63) is 21.4 Å². The van der Waals surface area contributed by atoms with E-state index in [4.69, 9.17) is 0 Å². The lowest BCUT2D eigenvalue weighted by atomic mass is 9.98. The number of hydrogen-bond acceptors (Lipinski definition) is 2. The maximum atomic E-state index is 3.51. The third-order valence-corrected chi connectivity index (χ3v) is 5.32. The number of thiophene rings is 1. The zero-order valence-corrected chi connectivity index (χ0v) is 10.9. The van der Waals surface area contributed by atoms with Crippen LogP contribution < -0.4 is 5.32 Å². The minimum atomic E-state index is 0.628. The van der Waals surface area contributed by atoms with Gasteiger partial charge < -0.3 is 5.32 Å². The summed E-state index contributed by atoms with van der Waals surface area (Å²) in [5.74, 6) is 1.01. The van der Waals surface area contributed by atoms with Crippen molar-refractivity contribution in [2.45, 2.75) is 51.0 Å². The Morgan fingerprint density at radius 1 is 1.38 bits per heavy atom. The predicted octanol–water partition coefficient (Wildman–Crippen LogP) is 3.69. The summed E-state index contributed by atoms with van der Waals surface area (Å²) >= 11 is 2.08. The molecule has 16 heavy (non-hydrogen) atoms. The molecular weight excluding hydrogens is 214 g/mol. The van der Waals surface area contributed by atoms with Gasteiger partial charge in [-0.15, -0.1) is 11.3 Å². The summed E-state index contributed by atoms with van der Waals surface area (Å²) < 4.78 is 0. The van der Waals surface area contributed by atoms with E-state index in [1.54, 1.807) is 15.3 Å². The van der Waals surface area contributed by atoms with E-state index < -0.39 is 0 Å². The Labute approximate surface area is 102 Å². The second-order valence-electron chi connectivity index (χ2n) is 5.32. The molecule has 2 heteroatoms. The molecule has 1 aromatic rings. The molecule has 0 radical (unpaired) electrons. The monoisotopic (exact) mass is 235 g/mol. The smallest absolute Gasteiger partial charge is 0.0415 e. The Morgan fingerprint density at radius 2 is 2.19 bits per heavy atom. The van der Waals surface area contributed by atoms with E-state index in [9.17, 15) is 0 Å². The maximum Gasteiger partial charge on any atom is 0.0415 e. The van der Waals surface area contributed by atoms with Crippen LogP contribution in [-0.2, 0) is 12.8 Å². The number of aryl methyl sites for hydroxylation is 2. The van der Waals surface area contributed by atoms with Crippen molar-refractivity contribution >= 4 is 11.3 Å². The minimum Gasteiger partial charge on any atom is -0.312 e. The molecule has 2 aliphatic carbocycles. The van der Waals surface area contributed by atoms with Gasteiger partial charge in [-0.1, -0.05) is 12.8 Å². The highest BCUT2D eigenvalue weighted by Crippen LogP contribution is 2.40. The van der Waals surface area contributed by atoms with Crippen LogP contribution in [0, 0.1) is 5.92 Å². The van der Waals surface area contributed by atoms with Gasteiger partial charge in [0.15, 0.2) is 0 Å². The molecule has 0 amide bonds. The second-order valence-corrected chi connectivity index (χ2v) is 6.49. The van der Waals surface area contributed by atoms with E-state index >= 15 is 0 Å². The van der Waals surface area contributed by atoms with Gasteiger partial charge in [0.25, 0.3) is 0 Å². The highest BCUT2D eigenvalue weighted by Gasteiger charge is 2.27. The molecule has 0 aliphatic heterocycles. The predicted molar refractivity (Wildman–Crippen MR) is 70.1 cm³/mol. The first kappa shape index (κ1) is 10.8. The van der Waals surface area contributed by atoms with Crippen molar-refractivity contribution < 1.29 is 0 Å². The summed E-state index contributed by atoms with van der Waals surface area (Å²) in [4.78, 5) is 3.28. The highest BCUT2D eigenvalue weighted by molar-refractivity contribution is 7.12. The molecule has 0 spiro atoms. The van der Waals surface area contributed by atoms with Gasteiger partial charge in [0.2, 0.25) is 0 Å². The Kier molecular flexibility index (Phi) is 3.03. The molecule has 3 rings (SSSR count). The van der Waals surface area contributed by atoms with Crippen molar-refractivity contribution in [1.82, 2.24) is 5.32 Å². The molecule has 1 nitrogen and oxygen atoms in total. The zero-order chi connectivity index (χ0) is 11.0. The first-order chi connectivity index (χ1) is 7.86. The lowest BCUT2D eigenvalue weighted by Crippen LogP contribution is -2.15. The van der Waals surface area contributed by atoms with E-state index in [1.807, 2.05) is 0 Å². The van der Waals surface area contributed by atoms with Gasteiger partial charge in [-0.3, -0.25) is 0 Å². The molecule has 0 aromatic carbocycles. The van der Waals surface area contributed by atoms with Crippen LogP contribution in [0.4, 0.5) is 0 Å². The molecule has 2 aliphatic rings. The largest absolute Gasteiger partial charge is 0.312 e. The van der Waals surface area contributed by atoms with Crippen LogP contribution in [0.2, 0.25) is 0 Å². The van der Waals surface area contributed by atoms with Crippen LogP contribution in [-0.4, -0.2) is 7.05 Å². The summed E-state index contributed by atoms with van der Waals surface area (Å²) in [6, 6.07) is 3.12. The van der Waals surface area contributed by atoms with Gasteiger partial charge in [-0.05, 0) is 56.7 Å². The lowest BCUT2D eigenvalue weighted by molar-refractivity contribution is 0.521. The Balaban J connectivity index is 1.77. The molecule has 1 atom stereocenters. The van der Waals surface area contributed by atoms with Crippen molar-refractivity contribution in [2.24, 2.45) is 5.92 Å². The van der Waals surface area contributed by atoms with Gasteiger partial charge in [-0.25, -0.2) is 0 Å². The Hall–Kier alpha value is -0.340. The topological polar surface area (TPSA) is 12.0 Å². The first-order valence-electron chi connectivity index (χ1n) is 6.65. The first-order valence-corrected chi connectivity index (χ1v) is 7.47. The average molecular weight is 235 g/mol. The van der Waals surface area contributed by atoms with Gasteiger partial charge in [0.1, 0.15) is 0 Å². The Morgan fingerprint density at radius 3 is 2.88 bits per heavy atom. The highest BCUT2D eigenvalue weighted by atomic mass is 32.1. The van der Waals surface area contributed by atoms with Crippen LogP contribution in [0.25, 0.3) is 0 Å². The standard InChI is InChI=1S/C14H21NS/c1-15-12(8-10-6-7-10)14-9-11-4-2-3-5-13(11)16-14/h9-10,12,15H,2-8H2,1H3. The van der Waals surface area contributed by atoms with Crippen LogP contribution in [0.1, 0.15) is 53.5 Å². The van der Waals surface area contributed by atoms with Gasteiger partial charge in [0, 0.05) is 15.8 Å². The lowest BCUT2D eigenvalue weighted by Gasteiger charge is -2.13. The fourth-order valence-electron chi connectivity index (χ4n) is 2.75. The maximum absolute atomic E-state index is 3.51. The fourth-order valence-corrected chi connectivity index (χ4v) is 4.13. The quantitative estimate of drug-likeness (QED) is 0.839.